The number of allylic oxidation sites excluding steroid dienone is 3. The molecule has 1 aliphatic rings. The summed E-state index contributed by atoms with van der Waals surface area (Å²) in [7, 11) is 0. The number of hydrogen-bond donors (Lipinski definition) is 2. The number of carboxylic acid groups (broad SMARTS) is 1. The van der Waals surface area contributed by atoms with Crippen LogP contribution in [0.2, 0.25) is 0 Å². The lowest BCUT2D eigenvalue weighted by atomic mass is 10.0. The van der Waals surface area contributed by atoms with E-state index in [-0.39, 0.29) is 0 Å². The highest BCUT2D eigenvalue weighted by molar-refractivity contribution is 8.00. The van der Waals surface area contributed by atoms with Gasteiger partial charge in [0, 0.05) is 12.1 Å². The lowest BCUT2D eigenvalue weighted by molar-refractivity contribution is -0.137. The zero-order chi connectivity index (χ0) is 17.3. The predicted molar refractivity (Wildman–Crippen MR) is 105 cm³/mol. The zero-order valence-corrected chi connectivity index (χ0v) is 15.9. The molecule has 0 saturated heterocycles. The lowest BCUT2D eigenvalue weighted by Gasteiger charge is -2.10. The summed E-state index contributed by atoms with van der Waals surface area (Å²) in [5.41, 5.74) is 1.37. The van der Waals surface area contributed by atoms with Gasteiger partial charge in [-0.05, 0) is 42.7 Å². The quantitative estimate of drug-likeness (QED) is 0.243. The molecule has 0 bridgehead atoms. The van der Waals surface area contributed by atoms with Gasteiger partial charge in [-0.3, -0.25) is 4.79 Å². The highest BCUT2D eigenvalue weighted by Crippen LogP contribution is 2.16. The van der Waals surface area contributed by atoms with E-state index >= 15 is 0 Å². The van der Waals surface area contributed by atoms with Crippen molar-refractivity contribution in [2.75, 3.05) is 0 Å². The SMILES string of the molecule is O=C(O)CCCCCCCCCCCCCCCC1=CC=CSN1. The molecule has 0 saturated carbocycles. The Balaban J connectivity index is 1.71. The van der Waals surface area contributed by atoms with E-state index in [1.807, 2.05) is 0 Å². The Labute approximate surface area is 152 Å². The smallest absolute Gasteiger partial charge is 0.303 e. The summed E-state index contributed by atoms with van der Waals surface area (Å²) in [5.74, 6) is -0.658. The van der Waals surface area contributed by atoms with E-state index in [1.165, 1.54) is 82.7 Å². The third-order valence-electron chi connectivity index (χ3n) is 4.47. The van der Waals surface area contributed by atoms with Crippen LogP contribution in [0.15, 0.2) is 23.3 Å². The third-order valence-corrected chi connectivity index (χ3v) is 5.14. The number of carboxylic acids is 1. The molecule has 0 aromatic rings. The number of nitrogens with one attached hydrogen (secondary N) is 1. The maximum atomic E-state index is 10.4. The molecule has 0 spiro atoms. The largest absolute Gasteiger partial charge is 0.481 e. The van der Waals surface area contributed by atoms with E-state index in [0.717, 1.165) is 12.8 Å². The zero-order valence-electron chi connectivity index (χ0n) is 15.1. The highest BCUT2D eigenvalue weighted by Gasteiger charge is 1.99. The number of carbonyl (C=O) groups is 1. The first-order valence-corrected chi connectivity index (χ1v) is 10.7. The molecule has 3 nitrogen and oxygen atoms in total. The molecule has 1 rings (SSSR count). The van der Waals surface area contributed by atoms with Crippen LogP contribution in [0.25, 0.3) is 0 Å². The van der Waals surface area contributed by atoms with Crippen molar-refractivity contribution in [3.05, 3.63) is 23.3 Å². The Morgan fingerprint density at radius 2 is 1.33 bits per heavy atom. The normalized spacial score (nSPS) is 13.6. The van der Waals surface area contributed by atoms with Crippen molar-refractivity contribution in [2.45, 2.75) is 96.3 Å². The predicted octanol–water partition coefficient (Wildman–Crippen LogP) is 6.57. The standard InChI is InChI=1S/C20H35NO2S/c22-20(23)17-13-11-9-7-5-3-1-2-4-6-8-10-12-15-19-16-14-18-24-21-19/h14,16,18,21H,1-13,15,17H2,(H,22,23). The molecule has 1 heterocycles. The lowest BCUT2D eigenvalue weighted by Crippen LogP contribution is -2.03. The van der Waals surface area contributed by atoms with Crippen molar-refractivity contribution in [1.29, 1.82) is 0 Å². The van der Waals surface area contributed by atoms with Gasteiger partial charge in [0.25, 0.3) is 0 Å². The van der Waals surface area contributed by atoms with Crippen molar-refractivity contribution < 1.29 is 9.90 Å². The summed E-state index contributed by atoms with van der Waals surface area (Å²) in [6, 6.07) is 0. The average Bonchev–Trinajstić information content (AvgIpc) is 2.59. The molecular weight excluding hydrogens is 318 g/mol. The van der Waals surface area contributed by atoms with Gasteiger partial charge in [-0.25, -0.2) is 0 Å². The second-order valence-corrected chi connectivity index (χ2v) is 7.44. The molecule has 138 valence electrons. The van der Waals surface area contributed by atoms with Crippen molar-refractivity contribution in [2.24, 2.45) is 0 Å². The van der Waals surface area contributed by atoms with Crippen LogP contribution >= 0.6 is 11.9 Å². The van der Waals surface area contributed by atoms with Gasteiger partial charge in [-0.2, -0.15) is 0 Å². The van der Waals surface area contributed by atoms with E-state index < -0.39 is 5.97 Å². The number of unbranched alkanes of at least 4 members (excludes halogenated alkanes) is 12. The molecule has 1 aliphatic heterocycles. The van der Waals surface area contributed by atoms with Crippen LogP contribution in [0.5, 0.6) is 0 Å². The van der Waals surface area contributed by atoms with Gasteiger partial charge in [0.2, 0.25) is 0 Å². The van der Waals surface area contributed by atoms with Gasteiger partial charge in [-0.15, -0.1) is 0 Å². The molecule has 0 unspecified atom stereocenters. The van der Waals surface area contributed by atoms with Crippen molar-refractivity contribution >= 4 is 17.9 Å². The number of hydrogen-bond acceptors (Lipinski definition) is 3. The summed E-state index contributed by atoms with van der Waals surface area (Å²) in [6.07, 6.45) is 22.4. The van der Waals surface area contributed by atoms with E-state index in [4.69, 9.17) is 5.11 Å². The van der Waals surface area contributed by atoms with Gasteiger partial charge in [0.15, 0.2) is 0 Å². The molecule has 0 aromatic heterocycles. The molecule has 4 heteroatoms. The average molecular weight is 354 g/mol. The minimum absolute atomic E-state index is 0.337. The monoisotopic (exact) mass is 353 g/mol. The molecule has 0 atom stereocenters. The molecule has 0 amide bonds. The van der Waals surface area contributed by atoms with Gasteiger partial charge in [-0.1, -0.05) is 76.7 Å². The highest BCUT2D eigenvalue weighted by atomic mass is 32.2. The first-order valence-electron chi connectivity index (χ1n) is 9.78. The molecule has 0 aliphatic carbocycles. The maximum absolute atomic E-state index is 10.4. The molecule has 0 radical (unpaired) electrons. The van der Waals surface area contributed by atoms with E-state index in [9.17, 15) is 4.79 Å². The fourth-order valence-electron chi connectivity index (χ4n) is 3.01. The Kier molecular flexibility index (Phi) is 13.8. The Bertz CT molecular complexity index is 380. The summed E-state index contributed by atoms with van der Waals surface area (Å²) in [4.78, 5) is 10.4. The Morgan fingerprint density at radius 3 is 1.79 bits per heavy atom. The molecule has 0 fully saturated rings. The number of rotatable bonds is 16. The Hall–Kier alpha value is -0.900. The summed E-state index contributed by atoms with van der Waals surface area (Å²) < 4.78 is 3.34. The van der Waals surface area contributed by atoms with E-state index in [2.05, 4.69) is 22.3 Å². The topological polar surface area (TPSA) is 49.3 Å². The van der Waals surface area contributed by atoms with Crippen LogP contribution in [-0.2, 0) is 4.79 Å². The molecule has 2 N–H and O–H groups in total. The van der Waals surface area contributed by atoms with Crippen LogP contribution in [0.4, 0.5) is 0 Å². The first-order chi connectivity index (χ1) is 11.8. The summed E-state index contributed by atoms with van der Waals surface area (Å²) >= 11 is 1.67. The van der Waals surface area contributed by atoms with Crippen molar-refractivity contribution in [1.82, 2.24) is 4.72 Å². The van der Waals surface area contributed by atoms with Crippen LogP contribution in [-0.4, -0.2) is 11.1 Å². The summed E-state index contributed by atoms with van der Waals surface area (Å²) in [6.45, 7) is 0. The fraction of sp³-hybridized carbons (Fsp3) is 0.750. The second-order valence-electron chi connectivity index (χ2n) is 6.73. The van der Waals surface area contributed by atoms with Gasteiger partial charge >= 0.3 is 5.97 Å². The van der Waals surface area contributed by atoms with Crippen molar-refractivity contribution in [3.63, 3.8) is 0 Å². The minimum atomic E-state index is -0.658. The van der Waals surface area contributed by atoms with Crippen LogP contribution < -0.4 is 4.72 Å². The third kappa shape index (κ3) is 13.5. The van der Waals surface area contributed by atoms with Crippen molar-refractivity contribution in [3.8, 4) is 0 Å². The Morgan fingerprint density at radius 1 is 0.833 bits per heavy atom. The van der Waals surface area contributed by atoms with Gasteiger partial charge < -0.3 is 9.83 Å². The summed E-state index contributed by atoms with van der Waals surface area (Å²) in [5, 5.41) is 10.6. The molecule has 24 heavy (non-hydrogen) atoms. The molecular formula is C20H35NO2S. The first kappa shape index (κ1) is 21.1. The minimum Gasteiger partial charge on any atom is -0.481 e. The van der Waals surface area contributed by atoms with Crippen LogP contribution in [0, 0.1) is 0 Å². The number of aliphatic carboxylic acids is 1. The van der Waals surface area contributed by atoms with Gasteiger partial charge in [0.05, 0.1) is 0 Å². The second kappa shape index (κ2) is 15.6. The molecule has 0 aromatic carbocycles. The maximum Gasteiger partial charge on any atom is 0.303 e. The van der Waals surface area contributed by atoms with Crippen LogP contribution in [0.1, 0.15) is 96.3 Å². The van der Waals surface area contributed by atoms with Gasteiger partial charge in [0.1, 0.15) is 0 Å². The van der Waals surface area contributed by atoms with Crippen LogP contribution in [0.3, 0.4) is 0 Å². The van der Waals surface area contributed by atoms with E-state index in [1.54, 1.807) is 11.9 Å². The fourth-order valence-corrected chi connectivity index (χ4v) is 3.56. The van der Waals surface area contributed by atoms with E-state index in [0.29, 0.717) is 6.42 Å².